The van der Waals surface area contributed by atoms with E-state index in [0.717, 1.165) is 17.9 Å². The molecule has 0 atom stereocenters. The predicted molar refractivity (Wildman–Crippen MR) is 76.7 cm³/mol. The Labute approximate surface area is 118 Å². The molecule has 0 saturated carbocycles. The third-order valence-electron chi connectivity index (χ3n) is 3.11. The van der Waals surface area contributed by atoms with E-state index in [1.807, 2.05) is 32.2 Å². The van der Waals surface area contributed by atoms with E-state index in [4.69, 9.17) is 10.3 Å². The first kappa shape index (κ1) is 14.3. The average Bonchev–Trinajstić information content (AvgIpc) is 2.80. The zero-order valence-electron chi connectivity index (χ0n) is 11.7. The van der Waals surface area contributed by atoms with E-state index in [1.165, 1.54) is 5.56 Å². The molecule has 0 unspecified atom stereocenters. The molecule has 5 nitrogen and oxygen atoms in total. The quantitative estimate of drug-likeness (QED) is 0.495. The molecule has 1 aromatic heterocycles. The number of furan rings is 1. The van der Waals surface area contributed by atoms with Crippen molar-refractivity contribution in [2.45, 2.75) is 20.0 Å². The Morgan fingerprint density at radius 2 is 2.00 bits per heavy atom. The van der Waals surface area contributed by atoms with Crippen molar-refractivity contribution in [3.8, 4) is 0 Å². The molecule has 0 saturated heterocycles. The number of rotatable bonds is 5. The lowest BCUT2D eigenvalue weighted by molar-refractivity contribution is 0.0924. The van der Waals surface area contributed by atoms with Crippen LogP contribution in [0.3, 0.4) is 0 Å². The molecule has 2 rings (SSSR count). The maximum atomic E-state index is 11.4. The van der Waals surface area contributed by atoms with Crippen LogP contribution in [-0.4, -0.2) is 17.9 Å². The van der Waals surface area contributed by atoms with Crippen LogP contribution in [0.4, 0.5) is 0 Å². The van der Waals surface area contributed by atoms with Gasteiger partial charge in [0.25, 0.3) is 0 Å². The van der Waals surface area contributed by atoms with Gasteiger partial charge in [0.05, 0.1) is 0 Å². The molecular formula is C15H19N3O2. The van der Waals surface area contributed by atoms with E-state index in [2.05, 4.69) is 22.5 Å². The van der Waals surface area contributed by atoms with Gasteiger partial charge in [-0.05, 0) is 25.6 Å². The van der Waals surface area contributed by atoms with Crippen molar-refractivity contribution in [2.75, 3.05) is 7.05 Å². The van der Waals surface area contributed by atoms with Crippen molar-refractivity contribution in [1.82, 2.24) is 10.3 Å². The standard InChI is InChI=1S/C15H19N3O2/c1-11-13(8-14(20-11)15(19)17-16)10-18(2)9-12-6-4-3-5-7-12/h3-8H,9-10,16H2,1-2H3,(H,17,19). The van der Waals surface area contributed by atoms with Gasteiger partial charge in [0, 0.05) is 18.7 Å². The first-order valence-electron chi connectivity index (χ1n) is 6.43. The van der Waals surface area contributed by atoms with Crippen molar-refractivity contribution < 1.29 is 9.21 Å². The van der Waals surface area contributed by atoms with Gasteiger partial charge in [-0.1, -0.05) is 30.3 Å². The maximum Gasteiger partial charge on any atom is 0.300 e. The number of nitrogens with zero attached hydrogens (tertiary/aromatic N) is 1. The summed E-state index contributed by atoms with van der Waals surface area (Å²) in [6.07, 6.45) is 0. The van der Waals surface area contributed by atoms with Gasteiger partial charge in [-0.3, -0.25) is 15.1 Å². The average molecular weight is 273 g/mol. The number of hydrazine groups is 1. The summed E-state index contributed by atoms with van der Waals surface area (Å²) in [5.74, 6) is 5.67. The second kappa shape index (κ2) is 6.36. The summed E-state index contributed by atoms with van der Waals surface area (Å²) < 4.78 is 5.40. The highest BCUT2D eigenvalue weighted by Crippen LogP contribution is 2.17. The van der Waals surface area contributed by atoms with Gasteiger partial charge in [0.1, 0.15) is 5.76 Å². The minimum atomic E-state index is -0.412. The van der Waals surface area contributed by atoms with Gasteiger partial charge in [0.2, 0.25) is 0 Å². The fraction of sp³-hybridized carbons (Fsp3) is 0.267. The number of nitrogens with two attached hydrogens (primary N) is 1. The Morgan fingerprint density at radius 1 is 1.30 bits per heavy atom. The van der Waals surface area contributed by atoms with Crippen molar-refractivity contribution in [1.29, 1.82) is 0 Å². The summed E-state index contributed by atoms with van der Waals surface area (Å²) in [7, 11) is 2.03. The first-order valence-corrected chi connectivity index (χ1v) is 6.43. The number of hydrogen-bond donors (Lipinski definition) is 2. The highest BCUT2D eigenvalue weighted by Gasteiger charge is 2.14. The first-order chi connectivity index (χ1) is 9.60. The van der Waals surface area contributed by atoms with Crippen LogP contribution in [0.2, 0.25) is 0 Å². The Bertz CT molecular complexity index is 578. The lowest BCUT2D eigenvalue weighted by atomic mass is 10.2. The Balaban J connectivity index is 2.02. The van der Waals surface area contributed by atoms with Crippen molar-refractivity contribution in [3.63, 3.8) is 0 Å². The molecule has 3 N–H and O–H groups in total. The van der Waals surface area contributed by atoms with Crippen LogP contribution in [0.15, 0.2) is 40.8 Å². The molecule has 2 aromatic rings. The third-order valence-corrected chi connectivity index (χ3v) is 3.11. The summed E-state index contributed by atoms with van der Waals surface area (Å²) in [6.45, 7) is 3.39. The molecule has 20 heavy (non-hydrogen) atoms. The Kier molecular flexibility index (Phi) is 4.55. The van der Waals surface area contributed by atoms with Crippen LogP contribution in [0, 0.1) is 6.92 Å². The number of nitrogens with one attached hydrogen (secondary N) is 1. The van der Waals surface area contributed by atoms with Crippen LogP contribution in [0.25, 0.3) is 0 Å². The van der Waals surface area contributed by atoms with Crippen molar-refractivity contribution in [3.05, 3.63) is 59.0 Å². The number of hydrogen-bond acceptors (Lipinski definition) is 4. The van der Waals surface area contributed by atoms with Crippen molar-refractivity contribution in [2.24, 2.45) is 5.84 Å². The molecule has 0 radical (unpaired) electrons. The van der Waals surface area contributed by atoms with Gasteiger partial charge in [0.15, 0.2) is 5.76 Å². The second-order valence-electron chi connectivity index (χ2n) is 4.82. The Hall–Kier alpha value is -2.11. The maximum absolute atomic E-state index is 11.4. The number of carbonyl (C=O) groups is 1. The Morgan fingerprint density at radius 3 is 2.65 bits per heavy atom. The summed E-state index contributed by atoms with van der Waals surface area (Å²) in [5.41, 5.74) is 4.30. The zero-order valence-corrected chi connectivity index (χ0v) is 11.7. The SMILES string of the molecule is Cc1oc(C(=O)NN)cc1CN(C)Cc1ccccc1. The van der Waals surface area contributed by atoms with E-state index < -0.39 is 5.91 Å². The van der Waals surface area contributed by atoms with Crippen LogP contribution >= 0.6 is 0 Å². The highest BCUT2D eigenvalue weighted by atomic mass is 16.4. The number of carbonyl (C=O) groups excluding carboxylic acids is 1. The predicted octanol–water partition coefficient (Wildman–Crippen LogP) is 1.82. The molecule has 0 bridgehead atoms. The number of aryl methyl sites for hydroxylation is 1. The molecule has 0 aliphatic rings. The van der Waals surface area contributed by atoms with Gasteiger partial charge >= 0.3 is 5.91 Å². The fourth-order valence-corrected chi connectivity index (χ4v) is 2.10. The van der Waals surface area contributed by atoms with E-state index in [1.54, 1.807) is 6.07 Å². The second-order valence-corrected chi connectivity index (χ2v) is 4.82. The molecule has 5 heteroatoms. The van der Waals surface area contributed by atoms with E-state index >= 15 is 0 Å². The summed E-state index contributed by atoms with van der Waals surface area (Å²) in [4.78, 5) is 13.6. The van der Waals surface area contributed by atoms with Gasteiger partial charge in [-0.25, -0.2) is 5.84 Å². The summed E-state index contributed by atoms with van der Waals surface area (Å²) >= 11 is 0. The number of benzene rings is 1. The molecule has 0 fully saturated rings. The zero-order chi connectivity index (χ0) is 14.5. The van der Waals surface area contributed by atoms with E-state index in [-0.39, 0.29) is 5.76 Å². The molecule has 0 aliphatic heterocycles. The van der Waals surface area contributed by atoms with E-state index in [9.17, 15) is 4.79 Å². The van der Waals surface area contributed by atoms with Crippen LogP contribution in [0.5, 0.6) is 0 Å². The monoisotopic (exact) mass is 273 g/mol. The van der Waals surface area contributed by atoms with Gasteiger partial charge in [-0.15, -0.1) is 0 Å². The lowest BCUT2D eigenvalue weighted by Crippen LogP contribution is -2.29. The minimum absolute atomic E-state index is 0.244. The van der Waals surface area contributed by atoms with Crippen LogP contribution < -0.4 is 11.3 Å². The minimum Gasteiger partial charge on any atom is -0.456 e. The molecular weight excluding hydrogens is 254 g/mol. The summed E-state index contributed by atoms with van der Waals surface area (Å²) in [6, 6.07) is 12.0. The van der Waals surface area contributed by atoms with Gasteiger partial charge in [-0.2, -0.15) is 0 Å². The normalized spacial score (nSPS) is 10.8. The van der Waals surface area contributed by atoms with Gasteiger partial charge < -0.3 is 4.42 Å². The molecule has 1 heterocycles. The summed E-state index contributed by atoms with van der Waals surface area (Å²) in [5, 5.41) is 0. The largest absolute Gasteiger partial charge is 0.456 e. The number of nitrogen functional groups attached to an aromatic ring is 1. The fourth-order valence-electron chi connectivity index (χ4n) is 2.10. The molecule has 0 aliphatic carbocycles. The molecule has 106 valence electrons. The highest BCUT2D eigenvalue weighted by molar-refractivity contribution is 5.91. The molecule has 0 spiro atoms. The molecule has 1 amide bonds. The smallest absolute Gasteiger partial charge is 0.300 e. The van der Waals surface area contributed by atoms with Crippen LogP contribution in [0.1, 0.15) is 27.4 Å². The number of amides is 1. The lowest BCUT2D eigenvalue weighted by Gasteiger charge is -2.16. The van der Waals surface area contributed by atoms with E-state index in [0.29, 0.717) is 6.54 Å². The topological polar surface area (TPSA) is 71.5 Å². The van der Waals surface area contributed by atoms with Crippen molar-refractivity contribution >= 4 is 5.91 Å². The van der Waals surface area contributed by atoms with Crippen LogP contribution in [-0.2, 0) is 13.1 Å². The third kappa shape index (κ3) is 3.46. The molecule has 1 aromatic carbocycles.